The number of likely N-dealkylation sites (tertiary alicyclic amines) is 1. The lowest BCUT2D eigenvalue weighted by molar-refractivity contribution is 0.0633. The van der Waals surface area contributed by atoms with E-state index in [0.717, 1.165) is 42.6 Å². The molecule has 5 nitrogen and oxygen atoms in total. The summed E-state index contributed by atoms with van der Waals surface area (Å²) in [7, 11) is 0. The lowest BCUT2D eigenvalue weighted by Crippen LogP contribution is -2.54. The average Bonchev–Trinajstić information content (AvgIpc) is 2.60. The van der Waals surface area contributed by atoms with Crippen molar-refractivity contribution < 1.29 is 9.59 Å². The van der Waals surface area contributed by atoms with E-state index in [4.69, 9.17) is 0 Å². The predicted molar refractivity (Wildman–Crippen MR) is 94.2 cm³/mol. The van der Waals surface area contributed by atoms with Crippen molar-refractivity contribution in [2.45, 2.75) is 33.1 Å². The van der Waals surface area contributed by atoms with Crippen LogP contribution in [0, 0.1) is 13.8 Å². The zero-order valence-electron chi connectivity index (χ0n) is 14.8. The minimum atomic E-state index is 0.0758. The number of nitrogens with zero attached hydrogens (tertiary/aromatic N) is 3. The molecule has 24 heavy (non-hydrogen) atoms. The fourth-order valence-electron chi connectivity index (χ4n) is 3.67. The molecule has 1 aromatic rings. The molecule has 2 fully saturated rings. The summed E-state index contributed by atoms with van der Waals surface area (Å²) in [5, 5.41) is 0. The van der Waals surface area contributed by atoms with Gasteiger partial charge in [0.15, 0.2) is 0 Å². The van der Waals surface area contributed by atoms with Crippen molar-refractivity contribution in [2.24, 2.45) is 0 Å². The predicted octanol–water partition coefficient (Wildman–Crippen LogP) is 2.67. The molecule has 3 rings (SSSR count). The molecule has 0 unspecified atom stereocenters. The molecule has 0 radical (unpaired) electrons. The number of rotatable bonds is 1. The number of carbonyl (C=O) groups excluding carboxylic acids is 2. The molecule has 2 aliphatic heterocycles. The van der Waals surface area contributed by atoms with Crippen molar-refractivity contribution >= 4 is 11.9 Å². The van der Waals surface area contributed by atoms with Gasteiger partial charge in [0.2, 0.25) is 0 Å². The number of hydrogen-bond donors (Lipinski definition) is 0. The minimum absolute atomic E-state index is 0.0758. The number of aryl methyl sites for hydroxylation is 2. The molecule has 1 aromatic carbocycles. The number of piperidine rings is 1. The first-order valence-corrected chi connectivity index (χ1v) is 8.96. The molecule has 0 spiro atoms. The number of urea groups is 1. The molecule has 3 amide bonds. The standard InChI is InChI=1S/C19H27N3O2/c1-15-12-16(2)14-17(13-15)18(23)20-8-10-22(11-9-20)19(24)21-6-4-3-5-7-21/h12-14H,3-11H2,1-2H3. The topological polar surface area (TPSA) is 43.9 Å². The van der Waals surface area contributed by atoms with Crippen LogP contribution < -0.4 is 0 Å². The monoisotopic (exact) mass is 329 g/mol. The van der Waals surface area contributed by atoms with E-state index in [1.54, 1.807) is 0 Å². The third kappa shape index (κ3) is 3.71. The van der Waals surface area contributed by atoms with E-state index in [1.165, 1.54) is 6.42 Å². The van der Waals surface area contributed by atoms with Gasteiger partial charge in [-0.1, -0.05) is 17.2 Å². The maximum absolute atomic E-state index is 12.7. The van der Waals surface area contributed by atoms with Gasteiger partial charge in [0.05, 0.1) is 0 Å². The normalized spacial score (nSPS) is 18.7. The van der Waals surface area contributed by atoms with Crippen LogP contribution in [-0.2, 0) is 0 Å². The van der Waals surface area contributed by atoms with Gasteiger partial charge in [0.1, 0.15) is 0 Å². The van der Waals surface area contributed by atoms with Crippen LogP contribution in [0.15, 0.2) is 18.2 Å². The SMILES string of the molecule is Cc1cc(C)cc(C(=O)N2CCN(C(=O)N3CCCCC3)CC2)c1. The van der Waals surface area contributed by atoms with Crippen LogP contribution in [0.2, 0.25) is 0 Å². The molecule has 0 N–H and O–H groups in total. The van der Waals surface area contributed by atoms with E-state index in [1.807, 2.05) is 40.7 Å². The Kier molecular flexibility index (Phi) is 5.07. The van der Waals surface area contributed by atoms with Crippen LogP contribution >= 0.6 is 0 Å². The number of carbonyl (C=O) groups is 2. The summed E-state index contributed by atoms with van der Waals surface area (Å²) in [6, 6.07) is 6.11. The molecule has 0 atom stereocenters. The number of hydrogen-bond acceptors (Lipinski definition) is 2. The largest absolute Gasteiger partial charge is 0.335 e. The first-order valence-electron chi connectivity index (χ1n) is 8.96. The van der Waals surface area contributed by atoms with Gasteiger partial charge in [-0.05, 0) is 45.2 Å². The summed E-state index contributed by atoms with van der Waals surface area (Å²) >= 11 is 0. The molecule has 0 saturated carbocycles. The van der Waals surface area contributed by atoms with Gasteiger partial charge in [-0.3, -0.25) is 4.79 Å². The minimum Gasteiger partial charge on any atom is -0.335 e. The highest BCUT2D eigenvalue weighted by molar-refractivity contribution is 5.94. The highest BCUT2D eigenvalue weighted by Gasteiger charge is 2.28. The van der Waals surface area contributed by atoms with Gasteiger partial charge < -0.3 is 14.7 Å². The van der Waals surface area contributed by atoms with Gasteiger partial charge in [-0.25, -0.2) is 4.79 Å². The Morgan fingerprint density at radius 3 is 1.79 bits per heavy atom. The summed E-state index contributed by atoms with van der Waals surface area (Å²) in [6.07, 6.45) is 3.44. The van der Waals surface area contributed by atoms with E-state index in [0.29, 0.717) is 26.2 Å². The summed E-state index contributed by atoms with van der Waals surface area (Å²) in [6.45, 7) is 8.27. The van der Waals surface area contributed by atoms with Crippen molar-refractivity contribution in [3.63, 3.8) is 0 Å². The molecule has 0 aromatic heterocycles. The number of benzene rings is 1. The maximum atomic E-state index is 12.7. The Morgan fingerprint density at radius 2 is 1.21 bits per heavy atom. The first-order chi connectivity index (χ1) is 11.5. The quantitative estimate of drug-likeness (QED) is 0.795. The lowest BCUT2D eigenvalue weighted by atomic mass is 10.1. The third-order valence-electron chi connectivity index (χ3n) is 4.93. The van der Waals surface area contributed by atoms with Crippen LogP contribution in [0.3, 0.4) is 0 Å². The number of piperazine rings is 1. The third-order valence-corrected chi connectivity index (χ3v) is 4.93. The van der Waals surface area contributed by atoms with Crippen LogP contribution in [0.25, 0.3) is 0 Å². The van der Waals surface area contributed by atoms with Crippen molar-refractivity contribution in [2.75, 3.05) is 39.3 Å². The van der Waals surface area contributed by atoms with Crippen molar-refractivity contribution in [3.8, 4) is 0 Å². The van der Waals surface area contributed by atoms with Crippen molar-refractivity contribution in [3.05, 3.63) is 34.9 Å². The highest BCUT2D eigenvalue weighted by atomic mass is 16.2. The first kappa shape index (κ1) is 16.8. The van der Waals surface area contributed by atoms with Gasteiger partial charge >= 0.3 is 6.03 Å². The van der Waals surface area contributed by atoms with Gasteiger partial charge in [0, 0.05) is 44.8 Å². The second kappa shape index (κ2) is 7.24. The van der Waals surface area contributed by atoms with Crippen LogP contribution in [-0.4, -0.2) is 65.9 Å². The lowest BCUT2D eigenvalue weighted by Gasteiger charge is -2.38. The summed E-state index contributed by atoms with van der Waals surface area (Å²) in [5.74, 6) is 0.0758. The molecule has 2 aliphatic rings. The average molecular weight is 329 g/mol. The van der Waals surface area contributed by atoms with Crippen LogP contribution in [0.1, 0.15) is 40.7 Å². The Labute approximate surface area is 144 Å². The second-order valence-electron chi connectivity index (χ2n) is 6.99. The van der Waals surface area contributed by atoms with E-state index < -0.39 is 0 Å². The molecule has 0 bridgehead atoms. The van der Waals surface area contributed by atoms with E-state index in [9.17, 15) is 9.59 Å². The summed E-state index contributed by atoms with van der Waals surface area (Å²) in [5.41, 5.74) is 2.97. The Bertz CT molecular complexity index is 595. The van der Waals surface area contributed by atoms with E-state index >= 15 is 0 Å². The zero-order chi connectivity index (χ0) is 17.1. The second-order valence-corrected chi connectivity index (χ2v) is 6.99. The molecular formula is C19H27N3O2. The Balaban J connectivity index is 1.58. The fourth-order valence-corrected chi connectivity index (χ4v) is 3.67. The molecule has 5 heteroatoms. The summed E-state index contributed by atoms with van der Waals surface area (Å²) in [4.78, 5) is 31.0. The van der Waals surface area contributed by atoms with Gasteiger partial charge in [0.25, 0.3) is 5.91 Å². The van der Waals surface area contributed by atoms with Crippen molar-refractivity contribution in [1.82, 2.24) is 14.7 Å². The van der Waals surface area contributed by atoms with Crippen LogP contribution in [0.5, 0.6) is 0 Å². The smallest absolute Gasteiger partial charge is 0.320 e. The van der Waals surface area contributed by atoms with E-state index in [2.05, 4.69) is 6.07 Å². The van der Waals surface area contributed by atoms with Gasteiger partial charge in [-0.15, -0.1) is 0 Å². The number of amides is 3. The molecular weight excluding hydrogens is 302 g/mol. The molecule has 2 saturated heterocycles. The van der Waals surface area contributed by atoms with Crippen molar-refractivity contribution in [1.29, 1.82) is 0 Å². The van der Waals surface area contributed by atoms with Gasteiger partial charge in [-0.2, -0.15) is 0 Å². The van der Waals surface area contributed by atoms with E-state index in [-0.39, 0.29) is 11.9 Å². The van der Waals surface area contributed by atoms with Crippen LogP contribution in [0.4, 0.5) is 4.79 Å². The molecule has 130 valence electrons. The highest BCUT2D eigenvalue weighted by Crippen LogP contribution is 2.16. The Hall–Kier alpha value is -2.04. The molecule has 0 aliphatic carbocycles. The molecule has 2 heterocycles. The Morgan fingerprint density at radius 1 is 0.708 bits per heavy atom. The fraction of sp³-hybridized carbons (Fsp3) is 0.579. The zero-order valence-corrected chi connectivity index (χ0v) is 14.8. The maximum Gasteiger partial charge on any atom is 0.320 e. The summed E-state index contributed by atoms with van der Waals surface area (Å²) < 4.78 is 0.